The Bertz CT molecular complexity index is 788. The van der Waals surface area contributed by atoms with E-state index in [0.29, 0.717) is 11.3 Å². The van der Waals surface area contributed by atoms with Crippen LogP contribution in [0.1, 0.15) is 37.0 Å². The normalized spacial score (nSPS) is 17.5. The van der Waals surface area contributed by atoms with Crippen molar-refractivity contribution in [3.8, 4) is 0 Å². The zero-order valence-corrected chi connectivity index (χ0v) is 16.9. The second-order valence-corrected chi connectivity index (χ2v) is 8.84. The SMILES string of the molecule is CC(=O)c1ccc(NC(=O)C(C)Sc2nnc(NCC3CCCO3)s2)cc1. The fraction of sp³-hybridized carbons (Fsp3) is 0.444. The van der Waals surface area contributed by atoms with Gasteiger partial charge in [-0.1, -0.05) is 23.1 Å². The Labute approximate surface area is 166 Å². The van der Waals surface area contributed by atoms with Crippen molar-refractivity contribution in [3.63, 3.8) is 0 Å². The van der Waals surface area contributed by atoms with Crippen molar-refractivity contribution in [3.05, 3.63) is 29.8 Å². The van der Waals surface area contributed by atoms with Crippen LogP contribution in [0.2, 0.25) is 0 Å². The van der Waals surface area contributed by atoms with Gasteiger partial charge in [0.25, 0.3) is 0 Å². The van der Waals surface area contributed by atoms with Gasteiger partial charge in [-0.25, -0.2) is 0 Å². The molecule has 1 fully saturated rings. The third kappa shape index (κ3) is 5.75. The first-order chi connectivity index (χ1) is 13.0. The van der Waals surface area contributed by atoms with E-state index in [-0.39, 0.29) is 23.0 Å². The number of rotatable bonds is 8. The highest BCUT2D eigenvalue weighted by molar-refractivity contribution is 8.02. The summed E-state index contributed by atoms with van der Waals surface area (Å²) in [4.78, 5) is 23.7. The molecule has 2 heterocycles. The van der Waals surface area contributed by atoms with Crippen LogP contribution in [-0.4, -0.2) is 46.4 Å². The third-order valence-corrected chi connectivity index (χ3v) is 6.18. The molecule has 1 aromatic heterocycles. The van der Waals surface area contributed by atoms with E-state index in [1.165, 1.54) is 30.0 Å². The molecule has 1 saturated heterocycles. The van der Waals surface area contributed by atoms with Crippen LogP contribution in [0.4, 0.5) is 10.8 Å². The van der Waals surface area contributed by atoms with Crippen molar-refractivity contribution in [2.75, 3.05) is 23.8 Å². The Morgan fingerprint density at radius 1 is 1.33 bits per heavy atom. The average molecular weight is 407 g/mol. The summed E-state index contributed by atoms with van der Waals surface area (Å²) in [6.45, 7) is 4.89. The predicted octanol–water partition coefficient (Wildman–Crippen LogP) is 3.45. The van der Waals surface area contributed by atoms with E-state index in [1.807, 2.05) is 6.92 Å². The molecule has 2 aromatic rings. The van der Waals surface area contributed by atoms with E-state index < -0.39 is 0 Å². The van der Waals surface area contributed by atoms with Gasteiger partial charge in [0, 0.05) is 24.4 Å². The molecule has 0 radical (unpaired) electrons. The van der Waals surface area contributed by atoms with Crippen LogP contribution in [-0.2, 0) is 9.53 Å². The number of aromatic nitrogens is 2. The Morgan fingerprint density at radius 3 is 2.78 bits per heavy atom. The molecule has 2 unspecified atom stereocenters. The van der Waals surface area contributed by atoms with Gasteiger partial charge in [0.2, 0.25) is 11.0 Å². The fourth-order valence-corrected chi connectivity index (χ4v) is 4.48. The van der Waals surface area contributed by atoms with Crippen molar-refractivity contribution >= 4 is 45.6 Å². The number of thioether (sulfide) groups is 1. The van der Waals surface area contributed by atoms with E-state index in [2.05, 4.69) is 20.8 Å². The minimum absolute atomic E-state index is 0.00280. The van der Waals surface area contributed by atoms with E-state index in [1.54, 1.807) is 24.3 Å². The third-order valence-electron chi connectivity index (χ3n) is 4.12. The first kappa shape index (κ1) is 19.8. The molecule has 2 N–H and O–H groups in total. The number of hydrogen-bond acceptors (Lipinski definition) is 8. The number of carbonyl (C=O) groups excluding carboxylic acids is 2. The maximum Gasteiger partial charge on any atom is 0.237 e. The summed E-state index contributed by atoms with van der Waals surface area (Å²) >= 11 is 2.80. The number of nitrogens with zero attached hydrogens (tertiary/aromatic N) is 2. The standard InChI is InChI=1S/C18H22N4O3S2/c1-11(23)13-5-7-14(8-6-13)20-16(24)12(2)26-18-22-21-17(27-18)19-10-15-4-3-9-25-15/h5-8,12,15H,3-4,9-10H2,1-2H3,(H,19,21)(H,20,24). The maximum absolute atomic E-state index is 12.4. The summed E-state index contributed by atoms with van der Waals surface area (Å²) in [7, 11) is 0. The summed E-state index contributed by atoms with van der Waals surface area (Å²) in [5.74, 6) is -0.128. The highest BCUT2D eigenvalue weighted by Gasteiger charge is 2.19. The summed E-state index contributed by atoms with van der Waals surface area (Å²) in [6, 6.07) is 6.85. The highest BCUT2D eigenvalue weighted by atomic mass is 32.2. The zero-order chi connectivity index (χ0) is 19.2. The molecule has 2 atom stereocenters. The molecular formula is C18H22N4O3S2. The molecule has 1 aliphatic heterocycles. The lowest BCUT2D eigenvalue weighted by atomic mass is 10.1. The minimum atomic E-state index is -0.323. The lowest BCUT2D eigenvalue weighted by Gasteiger charge is -2.10. The van der Waals surface area contributed by atoms with Crippen molar-refractivity contribution in [2.24, 2.45) is 0 Å². The van der Waals surface area contributed by atoms with Crippen LogP contribution in [0.15, 0.2) is 28.6 Å². The van der Waals surface area contributed by atoms with Crippen molar-refractivity contribution in [1.82, 2.24) is 10.2 Å². The van der Waals surface area contributed by atoms with E-state index >= 15 is 0 Å². The molecule has 0 bridgehead atoms. The number of benzene rings is 1. The Hall–Kier alpha value is -1.97. The van der Waals surface area contributed by atoms with Crippen LogP contribution >= 0.6 is 23.1 Å². The second kappa shape index (κ2) is 9.29. The van der Waals surface area contributed by atoms with Crippen LogP contribution in [0.3, 0.4) is 0 Å². The molecule has 0 aliphatic carbocycles. The fourth-order valence-electron chi connectivity index (χ4n) is 2.57. The molecular weight excluding hydrogens is 384 g/mol. The van der Waals surface area contributed by atoms with Crippen LogP contribution in [0.5, 0.6) is 0 Å². The second-order valence-electron chi connectivity index (χ2n) is 6.27. The number of carbonyl (C=O) groups is 2. The quantitative estimate of drug-likeness (QED) is 0.512. The molecule has 0 spiro atoms. The van der Waals surface area contributed by atoms with Gasteiger partial charge in [0.05, 0.1) is 11.4 Å². The highest BCUT2D eigenvalue weighted by Crippen LogP contribution is 2.29. The monoisotopic (exact) mass is 406 g/mol. The molecule has 9 heteroatoms. The summed E-state index contributed by atoms with van der Waals surface area (Å²) in [5.41, 5.74) is 1.28. The number of anilines is 2. The van der Waals surface area contributed by atoms with Crippen LogP contribution in [0.25, 0.3) is 0 Å². The molecule has 0 saturated carbocycles. The van der Waals surface area contributed by atoms with Crippen LogP contribution in [0, 0.1) is 0 Å². The summed E-state index contributed by atoms with van der Waals surface area (Å²) in [5, 5.41) is 14.8. The Morgan fingerprint density at radius 2 is 2.11 bits per heavy atom. The Balaban J connectivity index is 1.48. The van der Waals surface area contributed by atoms with E-state index in [9.17, 15) is 9.59 Å². The van der Waals surface area contributed by atoms with Crippen molar-refractivity contribution in [1.29, 1.82) is 0 Å². The van der Waals surface area contributed by atoms with Crippen LogP contribution < -0.4 is 10.6 Å². The van der Waals surface area contributed by atoms with E-state index in [4.69, 9.17) is 4.74 Å². The Kier molecular flexibility index (Phi) is 6.81. The maximum atomic E-state index is 12.4. The molecule has 7 nitrogen and oxygen atoms in total. The lowest BCUT2D eigenvalue weighted by molar-refractivity contribution is -0.115. The van der Waals surface area contributed by atoms with Crippen molar-refractivity contribution < 1.29 is 14.3 Å². The van der Waals surface area contributed by atoms with Gasteiger partial charge in [-0.2, -0.15) is 0 Å². The van der Waals surface area contributed by atoms with Gasteiger partial charge in [0.1, 0.15) is 0 Å². The number of nitrogens with one attached hydrogen (secondary N) is 2. The molecule has 1 amide bonds. The molecule has 1 aromatic carbocycles. The number of ketones is 1. The number of ether oxygens (including phenoxy) is 1. The zero-order valence-electron chi connectivity index (χ0n) is 15.2. The summed E-state index contributed by atoms with van der Waals surface area (Å²) < 4.78 is 6.31. The van der Waals surface area contributed by atoms with Gasteiger partial charge in [-0.05, 0) is 51.0 Å². The minimum Gasteiger partial charge on any atom is -0.376 e. The number of Topliss-reactive ketones (excluding diaryl/α,β-unsaturated/α-hetero) is 1. The lowest BCUT2D eigenvalue weighted by Crippen LogP contribution is -2.22. The van der Waals surface area contributed by atoms with E-state index in [0.717, 1.165) is 35.5 Å². The average Bonchev–Trinajstić information content (AvgIpc) is 3.32. The first-order valence-electron chi connectivity index (χ1n) is 8.79. The van der Waals surface area contributed by atoms with Gasteiger partial charge in [-0.3, -0.25) is 9.59 Å². The smallest absolute Gasteiger partial charge is 0.237 e. The predicted molar refractivity (Wildman–Crippen MR) is 108 cm³/mol. The summed E-state index contributed by atoms with van der Waals surface area (Å²) in [6.07, 6.45) is 2.41. The van der Waals surface area contributed by atoms with Gasteiger partial charge < -0.3 is 15.4 Å². The van der Waals surface area contributed by atoms with Gasteiger partial charge in [0.15, 0.2) is 10.1 Å². The molecule has 27 heavy (non-hydrogen) atoms. The largest absolute Gasteiger partial charge is 0.376 e. The van der Waals surface area contributed by atoms with Crippen molar-refractivity contribution in [2.45, 2.75) is 42.4 Å². The number of amides is 1. The molecule has 144 valence electrons. The molecule has 1 aliphatic rings. The van der Waals surface area contributed by atoms with Gasteiger partial charge >= 0.3 is 0 Å². The topological polar surface area (TPSA) is 93.2 Å². The van der Waals surface area contributed by atoms with Gasteiger partial charge in [-0.15, -0.1) is 10.2 Å². The first-order valence-corrected chi connectivity index (χ1v) is 10.5. The number of hydrogen-bond donors (Lipinski definition) is 2. The molecule has 3 rings (SSSR count).